The van der Waals surface area contributed by atoms with Crippen LogP contribution >= 0.6 is 11.6 Å². The third kappa shape index (κ3) is 1.78. The monoisotopic (exact) mass is 184 g/mol. The molecule has 0 saturated carbocycles. The molecule has 1 atom stereocenters. The first-order chi connectivity index (χ1) is 5.66. The summed E-state index contributed by atoms with van der Waals surface area (Å²) < 4.78 is 0. The van der Waals surface area contributed by atoms with Crippen molar-refractivity contribution in [2.45, 2.75) is 13.0 Å². The summed E-state index contributed by atoms with van der Waals surface area (Å²) >= 11 is 5.92. The van der Waals surface area contributed by atoms with Crippen molar-refractivity contribution in [3.63, 3.8) is 0 Å². The third-order valence-corrected chi connectivity index (χ3v) is 2.37. The van der Waals surface area contributed by atoms with Crippen LogP contribution in [0.2, 0.25) is 5.02 Å². The topological polar surface area (TPSA) is 52.0 Å². The van der Waals surface area contributed by atoms with Crippen LogP contribution in [0.25, 0.3) is 0 Å². The van der Waals surface area contributed by atoms with Crippen LogP contribution in [0.15, 0.2) is 18.2 Å². The second kappa shape index (κ2) is 3.90. The maximum Gasteiger partial charge on any atom is 0.0438 e. The summed E-state index contributed by atoms with van der Waals surface area (Å²) in [6.07, 6.45) is 0. The molecule has 1 aromatic rings. The summed E-state index contributed by atoms with van der Waals surface area (Å²) in [7, 11) is 0. The molecular formula is C9H13ClN2. The van der Waals surface area contributed by atoms with Gasteiger partial charge in [0.1, 0.15) is 0 Å². The van der Waals surface area contributed by atoms with E-state index in [1.165, 1.54) is 0 Å². The van der Waals surface area contributed by atoms with Gasteiger partial charge in [0.05, 0.1) is 0 Å². The Morgan fingerprint density at radius 1 is 1.50 bits per heavy atom. The van der Waals surface area contributed by atoms with Crippen LogP contribution in [-0.4, -0.2) is 6.54 Å². The highest BCUT2D eigenvalue weighted by Crippen LogP contribution is 2.22. The van der Waals surface area contributed by atoms with E-state index in [2.05, 4.69) is 0 Å². The summed E-state index contributed by atoms with van der Waals surface area (Å²) in [5, 5.41) is 0.747. The molecule has 0 aliphatic heterocycles. The van der Waals surface area contributed by atoms with Crippen molar-refractivity contribution in [2.75, 3.05) is 6.54 Å². The second-order valence-corrected chi connectivity index (χ2v) is 3.20. The van der Waals surface area contributed by atoms with Crippen molar-refractivity contribution in [1.82, 2.24) is 0 Å². The summed E-state index contributed by atoms with van der Waals surface area (Å²) in [6, 6.07) is 5.59. The lowest BCUT2D eigenvalue weighted by Gasteiger charge is -2.12. The quantitative estimate of drug-likeness (QED) is 0.734. The fourth-order valence-corrected chi connectivity index (χ4v) is 1.33. The van der Waals surface area contributed by atoms with Crippen LogP contribution in [0, 0.1) is 6.92 Å². The largest absolute Gasteiger partial charge is 0.329 e. The van der Waals surface area contributed by atoms with Gasteiger partial charge in [0.15, 0.2) is 0 Å². The first-order valence-corrected chi connectivity index (χ1v) is 4.25. The average molecular weight is 185 g/mol. The van der Waals surface area contributed by atoms with Gasteiger partial charge in [-0.2, -0.15) is 0 Å². The maximum absolute atomic E-state index is 5.92. The highest BCUT2D eigenvalue weighted by atomic mass is 35.5. The Morgan fingerprint density at radius 2 is 2.17 bits per heavy atom. The number of nitrogens with two attached hydrogens (primary N) is 2. The average Bonchev–Trinajstić information content (AvgIpc) is 2.08. The predicted octanol–water partition coefficient (Wildman–Crippen LogP) is 1.61. The minimum atomic E-state index is -0.108. The lowest BCUT2D eigenvalue weighted by molar-refractivity contribution is 0.732. The van der Waals surface area contributed by atoms with E-state index in [1.54, 1.807) is 0 Å². The molecule has 0 amide bonds. The van der Waals surface area contributed by atoms with Gasteiger partial charge in [-0.05, 0) is 24.1 Å². The molecule has 1 aromatic carbocycles. The number of hydrogen-bond acceptors (Lipinski definition) is 2. The van der Waals surface area contributed by atoms with E-state index in [4.69, 9.17) is 23.1 Å². The van der Waals surface area contributed by atoms with Gasteiger partial charge in [-0.1, -0.05) is 23.7 Å². The summed E-state index contributed by atoms with van der Waals surface area (Å²) in [5.41, 5.74) is 13.3. The molecule has 0 aliphatic carbocycles. The zero-order valence-electron chi connectivity index (χ0n) is 7.05. The third-order valence-electron chi connectivity index (χ3n) is 1.96. The Morgan fingerprint density at radius 3 is 2.75 bits per heavy atom. The molecule has 66 valence electrons. The Kier molecular flexibility index (Phi) is 3.09. The summed E-state index contributed by atoms with van der Waals surface area (Å²) in [5.74, 6) is 0. The number of halogens is 1. The molecule has 0 radical (unpaired) electrons. The van der Waals surface area contributed by atoms with Crippen molar-refractivity contribution in [3.8, 4) is 0 Å². The maximum atomic E-state index is 5.92. The molecule has 0 heterocycles. The van der Waals surface area contributed by atoms with Crippen molar-refractivity contribution in [1.29, 1.82) is 0 Å². The van der Waals surface area contributed by atoms with Crippen LogP contribution in [-0.2, 0) is 0 Å². The summed E-state index contributed by atoms with van der Waals surface area (Å²) in [6.45, 7) is 2.40. The predicted molar refractivity (Wildman–Crippen MR) is 52.2 cm³/mol. The van der Waals surface area contributed by atoms with Gasteiger partial charge in [-0.25, -0.2) is 0 Å². The van der Waals surface area contributed by atoms with Gasteiger partial charge in [0.2, 0.25) is 0 Å². The Hall–Kier alpha value is -0.570. The van der Waals surface area contributed by atoms with Crippen molar-refractivity contribution < 1.29 is 0 Å². The number of benzene rings is 1. The zero-order chi connectivity index (χ0) is 9.14. The van der Waals surface area contributed by atoms with E-state index in [9.17, 15) is 0 Å². The molecule has 0 spiro atoms. The number of rotatable bonds is 2. The molecular weight excluding hydrogens is 172 g/mol. The minimum absolute atomic E-state index is 0.108. The van der Waals surface area contributed by atoms with E-state index in [0.29, 0.717) is 6.54 Å². The number of hydrogen-bond donors (Lipinski definition) is 2. The van der Waals surface area contributed by atoms with E-state index in [0.717, 1.165) is 16.1 Å². The molecule has 2 nitrogen and oxygen atoms in total. The van der Waals surface area contributed by atoms with E-state index in [-0.39, 0.29) is 6.04 Å². The normalized spacial score (nSPS) is 13.0. The highest BCUT2D eigenvalue weighted by molar-refractivity contribution is 6.31. The first-order valence-electron chi connectivity index (χ1n) is 3.87. The van der Waals surface area contributed by atoms with Crippen molar-refractivity contribution in [3.05, 3.63) is 34.3 Å². The van der Waals surface area contributed by atoms with E-state index < -0.39 is 0 Å². The molecule has 0 fully saturated rings. The molecule has 1 rings (SSSR count). The van der Waals surface area contributed by atoms with Gasteiger partial charge in [0.25, 0.3) is 0 Å². The molecule has 12 heavy (non-hydrogen) atoms. The molecule has 0 unspecified atom stereocenters. The zero-order valence-corrected chi connectivity index (χ0v) is 7.81. The highest BCUT2D eigenvalue weighted by Gasteiger charge is 2.07. The van der Waals surface area contributed by atoms with E-state index >= 15 is 0 Å². The van der Waals surface area contributed by atoms with Crippen molar-refractivity contribution >= 4 is 11.6 Å². The molecule has 0 saturated heterocycles. The van der Waals surface area contributed by atoms with Crippen LogP contribution in [0.5, 0.6) is 0 Å². The molecule has 0 aromatic heterocycles. The van der Waals surface area contributed by atoms with Crippen LogP contribution in [0.4, 0.5) is 0 Å². The van der Waals surface area contributed by atoms with Crippen LogP contribution in [0.3, 0.4) is 0 Å². The van der Waals surface area contributed by atoms with E-state index in [1.807, 2.05) is 25.1 Å². The Balaban J connectivity index is 3.07. The molecule has 0 aliphatic rings. The smallest absolute Gasteiger partial charge is 0.0438 e. The first kappa shape index (κ1) is 9.52. The van der Waals surface area contributed by atoms with Gasteiger partial charge in [-0.3, -0.25) is 0 Å². The Bertz CT molecular complexity index is 273. The molecule has 4 N–H and O–H groups in total. The molecule has 0 bridgehead atoms. The SMILES string of the molecule is Cc1c(Cl)cccc1[C@@H](N)CN. The summed E-state index contributed by atoms with van der Waals surface area (Å²) in [4.78, 5) is 0. The van der Waals surface area contributed by atoms with Crippen LogP contribution in [0.1, 0.15) is 17.2 Å². The van der Waals surface area contributed by atoms with Gasteiger partial charge in [-0.15, -0.1) is 0 Å². The van der Waals surface area contributed by atoms with Gasteiger partial charge < -0.3 is 11.5 Å². The fraction of sp³-hybridized carbons (Fsp3) is 0.333. The standard InChI is InChI=1S/C9H13ClN2/c1-6-7(9(12)5-11)3-2-4-8(6)10/h2-4,9H,5,11-12H2,1H3/t9-/m0/s1. The van der Waals surface area contributed by atoms with Gasteiger partial charge in [0, 0.05) is 17.6 Å². The minimum Gasteiger partial charge on any atom is -0.329 e. The lowest BCUT2D eigenvalue weighted by Crippen LogP contribution is -2.21. The van der Waals surface area contributed by atoms with Gasteiger partial charge >= 0.3 is 0 Å². The fourth-order valence-electron chi connectivity index (χ4n) is 1.15. The Labute approximate surface area is 77.5 Å². The lowest BCUT2D eigenvalue weighted by atomic mass is 10.0. The van der Waals surface area contributed by atoms with Crippen molar-refractivity contribution in [2.24, 2.45) is 11.5 Å². The molecule has 3 heteroatoms. The second-order valence-electron chi connectivity index (χ2n) is 2.80. The van der Waals surface area contributed by atoms with Crippen LogP contribution < -0.4 is 11.5 Å².